The maximum atomic E-state index is 12.7. The maximum absolute atomic E-state index is 12.7. The zero-order valence-electron chi connectivity index (χ0n) is 14.3. The Kier molecular flexibility index (Phi) is 5.13. The number of rotatable bonds is 6. The van der Waals surface area contributed by atoms with Gasteiger partial charge in [-0.05, 0) is 36.3 Å². The Morgan fingerprint density at radius 3 is 2.92 bits per heavy atom. The first-order chi connectivity index (χ1) is 12.8. The second-order valence-electron chi connectivity index (χ2n) is 6.35. The van der Waals surface area contributed by atoms with Crippen LogP contribution in [0.4, 0.5) is 0 Å². The van der Waals surface area contributed by atoms with Crippen LogP contribution in [0.5, 0.6) is 0 Å². The minimum atomic E-state index is -0.206. The van der Waals surface area contributed by atoms with E-state index in [1.165, 1.54) is 17.7 Å². The van der Waals surface area contributed by atoms with Crippen molar-refractivity contribution in [2.75, 3.05) is 0 Å². The van der Waals surface area contributed by atoms with Gasteiger partial charge in [-0.1, -0.05) is 36.4 Å². The third-order valence-electron chi connectivity index (χ3n) is 4.60. The van der Waals surface area contributed by atoms with Crippen molar-refractivity contribution in [1.29, 1.82) is 0 Å². The monoisotopic (exact) mass is 368 g/mol. The lowest BCUT2D eigenvalue weighted by atomic mass is 10.2. The Morgan fingerprint density at radius 1 is 1.23 bits per heavy atom. The van der Waals surface area contributed by atoms with E-state index in [0.29, 0.717) is 18.1 Å². The number of nitrogens with one attached hydrogen (secondary N) is 1. The van der Waals surface area contributed by atoms with E-state index in [9.17, 15) is 4.79 Å². The molecule has 1 aliphatic carbocycles. The fourth-order valence-corrected chi connectivity index (χ4v) is 4.01. The fourth-order valence-electron chi connectivity index (χ4n) is 3.30. The van der Waals surface area contributed by atoms with Crippen LogP contribution in [-0.4, -0.2) is 23.0 Å². The first kappa shape index (κ1) is 17.0. The van der Waals surface area contributed by atoms with Crippen LogP contribution >= 0.6 is 11.3 Å². The Hall–Kier alpha value is -2.44. The molecule has 5 nitrogen and oxygen atoms in total. The largest absolute Gasteiger partial charge is 0.442 e. The summed E-state index contributed by atoms with van der Waals surface area (Å²) in [5.74, 6) is 0.319. The summed E-state index contributed by atoms with van der Waals surface area (Å²) in [5, 5.41) is 5.04. The average molecular weight is 368 g/mol. The number of hydrogen-bond donors (Lipinski definition) is 1. The number of carbonyl (C=O) groups excluding carboxylic acids is 1. The topological polar surface area (TPSA) is 64.4 Å². The molecule has 0 saturated heterocycles. The zero-order chi connectivity index (χ0) is 17.8. The number of nitrogens with zero attached hydrogens (tertiary/aromatic N) is 1. The van der Waals surface area contributed by atoms with Gasteiger partial charge in [-0.25, -0.2) is 4.98 Å². The Labute approximate surface area is 156 Å². The Bertz CT molecular complexity index is 845. The van der Waals surface area contributed by atoms with Crippen LogP contribution in [-0.2, 0) is 11.3 Å². The van der Waals surface area contributed by atoms with Crippen LogP contribution < -0.4 is 5.32 Å². The summed E-state index contributed by atoms with van der Waals surface area (Å²) < 4.78 is 11.5. The molecule has 1 N–H and O–H groups in total. The molecule has 1 aromatic carbocycles. The van der Waals surface area contributed by atoms with Crippen LogP contribution in [0.15, 0.2) is 58.7 Å². The van der Waals surface area contributed by atoms with Gasteiger partial charge in [0.2, 0.25) is 0 Å². The molecule has 1 saturated carbocycles. The highest BCUT2D eigenvalue weighted by Crippen LogP contribution is 2.28. The first-order valence-corrected chi connectivity index (χ1v) is 9.63. The molecule has 3 aromatic rings. The van der Waals surface area contributed by atoms with E-state index < -0.39 is 0 Å². The summed E-state index contributed by atoms with van der Waals surface area (Å²) in [6, 6.07) is 13.9. The van der Waals surface area contributed by atoms with E-state index in [1.54, 1.807) is 0 Å². The molecule has 2 atom stereocenters. The van der Waals surface area contributed by atoms with E-state index in [1.807, 2.05) is 47.8 Å². The Morgan fingerprint density at radius 2 is 2.12 bits per heavy atom. The van der Waals surface area contributed by atoms with Crippen molar-refractivity contribution in [2.24, 2.45) is 0 Å². The van der Waals surface area contributed by atoms with Crippen LogP contribution in [0.25, 0.3) is 10.6 Å². The van der Waals surface area contributed by atoms with Gasteiger partial charge >= 0.3 is 0 Å². The molecule has 134 valence electrons. The first-order valence-electron chi connectivity index (χ1n) is 8.75. The molecule has 6 heteroatoms. The summed E-state index contributed by atoms with van der Waals surface area (Å²) in [4.78, 5) is 17.7. The standard InChI is InChI=1S/C20H20N2O3S/c23-20(18-19(25-13-21-18)17-10-5-11-26-17)22-15-8-4-9-16(15)24-12-14-6-2-1-3-7-14/h1-3,5-7,10-11,13,15-16H,4,8-9,12H2,(H,22,23)/t15-,16-/m0/s1. The number of oxazole rings is 1. The second-order valence-corrected chi connectivity index (χ2v) is 7.30. The lowest BCUT2D eigenvalue weighted by molar-refractivity contribution is 0.0271. The van der Waals surface area contributed by atoms with Crippen molar-refractivity contribution in [1.82, 2.24) is 10.3 Å². The molecule has 2 heterocycles. The molecule has 1 amide bonds. The van der Waals surface area contributed by atoms with Gasteiger partial charge in [-0.15, -0.1) is 11.3 Å². The number of amides is 1. The highest BCUT2D eigenvalue weighted by molar-refractivity contribution is 7.13. The minimum Gasteiger partial charge on any atom is -0.442 e. The molecule has 1 fully saturated rings. The number of benzene rings is 1. The normalized spacial score (nSPS) is 19.5. The van der Waals surface area contributed by atoms with Crippen molar-refractivity contribution >= 4 is 17.2 Å². The summed E-state index contributed by atoms with van der Waals surface area (Å²) >= 11 is 1.52. The van der Waals surface area contributed by atoms with E-state index in [2.05, 4.69) is 10.3 Å². The highest BCUT2D eigenvalue weighted by atomic mass is 32.1. The van der Waals surface area contributed by atoms with Gasteiger partial charge < -0.3 is 14.5 Å². The van der Waals surface area contributed by atoms with E-state index >= 15 is 0 Å². The lowest BCUT2D eigenvalue weighted by Gasteiger charge is -2.21. The molecule has 2 aromatic heterocycles. The van der Waals surface area contributed by atoms with Crippen LogP contribution in [0, 0.1) is 0 Å². The number of thiophene rings is 1. The lowest BCUT2D eigenvalue weighted by Crippen LogP contribution is -2.41. The highest BCUT2D eigenvalue weighted by Gasteiger charge is 2.31. The SMILES string of the molecule is O=C(N[C@H]1CCC[C@@H]1OCc1ccccc1)c1ncoc1-c1cccs1. The van der Waals surface area contributed by atoms with E-state index in [0.717, 1.165) is 29.7 Å². The average Bonchev–Trinajstić information content (AvgIpc) is 3.41. The molecule has 0 unspecified atom stereocenters. The Balaban J connectivity index is 1.40. The predicted octanol–water partition coefficient (Wildman–Crippen LogP) is 4.27. The maximum Gasteiger partial charge on any atom is 0.274 e. The molecular weight excluding hydrogens is 348 g/mol. The van der Waals surface area contributed by atoms with Gasteiger partial charge in [0.05, 0.1) is 23.6 Å². The fraction of sp³-hybridized carbons (Fsp3) is 0.300. The van der Waals surface area contributed by atoms with Gasteiger partial charge in [-0.3, -0.25) is 4.79 Å². The van der Waals surface area contributed by atoms with Crippen molar-refractivity contribution in [3.8, 4) is 10.6 Å². The number of aromatic nitrogens is 1. The smallest absolute Gasteiger partial charge is 0.274 e. The molecule has 4 rings (SSSR count). The third kappa shape index (κ3) is 3.71. The zero-order valence-corrected chi connectivity index (χ0v) is 15.1. The summed E-state index contributed by atoms with van der Waals surface area (Å²) in [5.41, 5.74) is 1.47. The van der Waals surface area contributed by atoms with Crippen molar-refractivity contribution in [3.05, 3.63) is 65.5 Å². The quantitative estimate of drug-likeness (QED) is 0.706. The molecule has 0 radical (unpaired) electrons. The van der Waals surface area contributed by atoms with E-state index in [-0.39, 0.29) is 18.1 Å². The van der Waals surface area contributed by atoms with Crippen molar-refractivity contribution in [3.63, 3.8) is 0 Å². The number of ether oxygens (including phenoxy) is 1. The van der Waals surface area contributed by atoms with Gasteiger partial charge in [0.25, 0.3) is 5.91 Å². The summed E-state index contributed by atoms with van der Waals surface area (Å²) in [7, 11) is 0. The summed E-state index contributed by atoms with van der Waals surface area (Å²) in [6.07, 6.45) is 4.26. The predicted molar refractivity (Wildman–Crippen MR) is 99.9 cm³/mol. The molecular formula is C20H20N2O3S. The van der Waals surface area contributed by atoms with Gasteiger partial charge in [0, 0.05) is 0 Å². The van der Waals surface area contributed by atoms with Crippen LogP contribution in [0.2, 0.25) is 0 Å². The second kappa shape index (κ2) is 7.85. The van der Waals surface area contributed by atoms with Crippen LogP contribution in [0.1, 0.15) is 35.3 Å². The van der Waals surface area contributed by atoms with Crippen molar-refractivity contribution in [2.45, 2.75) is 38.0 Å². The molecule has 0 bridgehead atoms. The molecule has 0 spiro atoms. The van der Waals surface area contributed by atoms with Gasteiger partial charge in [-0.2, -0.15) is 0 Å². The number of carbonyl (C=O) groups is 1. The molecule has 1 aliphatic rings. The number of hydrogen-bond acceptors (Lipinski definition) is 5. The van der Waals surface area contributed by atoms with Gasteiger partial charge in [0.15, 0.2) is 17.8 Å². The molecule has 26 heavy (non-hydrogen) atoms. The van der Waals surface area contributed by atoms with Crippen molar-refractivity contribution < 1.29 is 13.9 Å². The van der Waals surface area contributed by atoms with Gasteiger partial charge in [0.1, 0.15) is 0 Å². The minimum absolute atomic E-state index is 0.000835. The third-order valence-corrected chi connectivity index (χ3v) is 5.47. The molecule has 0 aliphatic heterocycles. The van der Waals surface area contributed by atoms with Crippen LogP contribution in [0.3, 0.4) is 0 Å². The summed E-state index contributed by atoms with van der Waals surface area (Å²) in [6.45, 7) is 0.558. The van der Waals surface area contributed by atoms with E-state index in [4.69, 9.17) is 9.15 Å².